The van der Waals surface area contributed by atoms with Gasteiger partial charge in [-0.1, -0.05) is 48.5 Å². The lowest BCUT2D eigenvalue weighted by Gasteiger charge is -2.02. The highest BCUT2D eigenvalue weighted by Crippen LogP contribution is 2.17. The predicted molar refractivity (Wildman–Crippen MR) is 119 cm³/mol. The van der Waals surface area contributed by atoms with E-state index in [0.717, 1.165) is 16.7 Å². The van der Waals surface area contributed by atoms with E-state index in [9.17, 15) is 14.4 Å². The maximum atomic E-state index is 11.8. The first kappa shape index (κ1) is 22.2. The fourth-order valence-electron chi connectivity index (χ4n) is 2.88. The van der Waals surface area contributed by atoms with E-state index in [4.69, 9.17) is 4.74 Å². The molecule has 0 spiro atoms. The molecule has 2 aromatic carbocycles. The van der Waals surface area contributed by atoms with Gasteiger partial charge in [0.15, 0.2) is 10.8 Å². The van der Waals surface area contributed by atoms with Gasteiger partial charge in [0.25, 0.3) is 5.91 Å². The Bertz CT molecular complexity index is 1050. The number of ether oxygens (including phenoxy) is 1. The number of nitrogens with one attached hydrogen (secondary N) is 2. The van der Waals surface area contributed by atoms with Crippen molar-refractivity contribution in [3.8, 4) is 0 Å². The molecule has 0 unspecified atom stereocenters. The highest BCUT2D eigenvalue weighted by atomic mass is 32.1. The summed E-state index contributed by atoms with van der Waals surface area (Å²) in [6.07, 6.45) is 1.04. The highest BCUT2D eigenvalue weighted by Gasteiger charge is 2.16. The van der Waals surface area contributed by atoms with Crippen molar-refractivity contribution < 1.29 is 19.1 Å². The molecule has 2 amide bonds. The summed E-state index contributed by atoms with van der Waals surface area (Å²) in [5.41, 5.74) is 3.26. The summed E-state index contributed by atoms with van der Waals surface area (Å²) >= 11 is 1.21. The minimum Gasteiger partial charge on any atom is -0.461 e. The van der Waals surface area contributed by atoms with Crippen LogP contribution in [0.15, 0.2) is 60.0 Å². The van der Waals surface area contributed by atoms with Crippen LogP contribution in [-0.4, -0.2) is 29.4 Å². The van der Waals surface area contributed by atoms with Gasteiger partial charge in [-0.3, -0.25) is 9.59 Å². The van der Waals surface area contributed by atoms with Crippen LogP contribution in [0, 0.1) is 0 Å². The van der Waals surface area contributed by atoms with E-state index in [1.165, 1.54) is 11.3 Å². The fraction of sp³-hybridized carbons (Fsp3) is 0.217. The third-order valence-corrected chi connectivity index (χ3v) is 5.18. The molecule has 7 nitrogen and oxygen atoms in total. The van der Waals surface area contributed by atoms with Crippen molar-refractivity contribution in [2.45, 2.75) is 26.3 Å². The summed E-state index contributed by atoms with van der Waals surface area (Å²) in [7, 11) is 0. The Kier molecular flexibility index (Phi) is 7.89. The molecule has 0 aliphatic carbocycles. The lowest BCUT2D eigenvalue weighted by Crippen LogP contribution is -2.12. The number of anilines is 1. The Hall–Kier alpha value is -3.52. The monoisotopic (exact) mass is 437 g/mol. The molecule has 0 saturated carbocycles. The average molecular weight is 438 g/mol. The van der Waals surface area contributed by atoms with Gasteiger partial charge in [-0.05, 0) is 30.5 Å². The Morgan fingerprint density at radius 2 is 1.87 bits per heavy atom. The number of nitrogens with zero attached hydrogens (tertiary/aromatic N) is 1. The minimum atomic E-state index is -0.474. The number of benzene rings is 2. The van der Waals surface area contributed by atoms with Gasteiger partial charge < -0.3 is 15.4 Å². The van der Waals surface area contributed by atoms with E-state index in [1.807, 2.05) is 54.6 Å². The maximum Gasteiger partial charge on any atom is 0.357 e. The van der Waals surface area contributed by atoms with Crippen molar-refractivity contribution in [2.75, 3.05) is 11.9 Å². The number of aromatic nitrogens is 1. The number of esters is 1. The van der Waals surface area contributed by atoms with Gasteiger partial charge in [-0.25, -0.2) is 9.78 Å². The second-order valence-corrected chi connectivity index (χ2v) is 7.49. The zero-order valence-electron chi connectivity index (χ0n) is 17.1. The van der Waals surface area contributed by atoms with E-state index in [1.54, 1.807) is 12.3 Å². The Labute approximate surface area is 184 Å². The average Bonchev–Trinajstić information content (AvgIpc) is 3.41. The number of aryl methyl sites for hydroxylation is 1. The number of rotatable bonds is 6. The molecule has 2 heterocycles. The molecular formula is C23H23N3O4S. The standard InChI is InChI=1S/C15H16N2O3S.C8H7NO/c1-2-20-14(19)12-10-21-15(16-12)17-13(18)9-8-11-6-4-3-5-7-11;10-8-7-4-2-1-3-6(7)5-9-8/h3-7,10H,2,8-9H2,1H3,(H,16,17,18);1-4H,5H2,(H,9,10). The molecule has 160 valence electrons. The molecular weight excluding hydrogens is 414 g/mol. The van der Waals surface area contributed by atoms with Crippen LogP contribution in [0.25, 0.3) is 0 Å². The Morgan fingerprint density at radius 1 is 1.13 bits per heavy atom. The molecule has 4 rings (SSSR count). The summed E-state index contributed by atoms with van der Waals surface area (Å²) in [4.78, 5) is 38.3. The Morgan fingerprint density at radius 3 is 2.61 bits per heavy atom. The van der Waals surface area contributed by atoms with Crippen LogP contribution in [-0.2, 0) is 22.5 Å². The fourth-order valence-corrected chi connectivity index (χ4v) is 3.58. The quantitative estimate of drug-likeness (QED) is 0.572. The van der Waals surface area contributed by atoms with Crippen molar-refractivity contribution in [3.63, 3.8) is 0 Å². The van der Waals surface area contributed by atoms with Gasteiger partial charge in [-0.2, -0.15) is 0 Å². The third kappa shape index (κ3) is 6.48. The van der Waals surface area contributed by atoms with Gasteiger partial charge in [-0.15, -0.1) is 11.3 Å². The van der Waals surface area contributed by atoms with Crippen molar-refractivity contribution in [3.05, 3.63) is 82.4 Å². The summed E-state index contributed by atoms with van der Waals surface area (Å²) < 4.78 is 4.84. The first-order chi connectivity index (χ1) is 15.1. The SMILES string of the molecule is CCOC(=O)c1csc(NC(=O)CCc2ccccc2)n1.O=C1NCc2ccccc21. The number of hydrogen-bond donors (Lipinski definition) is 2. The zero-order chi connectivity index (χ0) is 22.1. The first-order valence-electron chi connectivity index (χ1n) is 9.89. The van der Waals surface area contributed by atoms with Crippen LogP contribution >= 0.6 is 11.3 Å². The second kappa shape index (κ2) is 11.0. The molecule has 31 heavy (non-hydrogen) atoms. The predicted octanol–water partition coefficient (Wildman–Crippen LogP) is 3.82. The highest BCUT2D eigenvalue weighted by molar-refractivity contribution is 7.14. The van der Waals surface area contributed by atoms with Crippen molar-refractivity contribution >= 4 is 34.3 Å². The van der Waals surface area contributed by atoms with Crippen LogP contribution < -0.4 is 10.6 Å². The van der Waals surface area contributed by atoms with Crippen LogP contribution in [0.1, 0.15) is 45.3 Å². The maximum absolute atomic E-state index is 11.8. The van der Waals surface area contributed by atoms with Crippen molar-refractivity contribution in [2.24, 2.45) is 0 Å². The molecule has 3 aromatic rings. The second-order valence-electron chi connectivity index (χ2n) is 6.63. The molecule has 8 heteroatoms. The Balaban J connectivity index is 0.000000225. The van der Waals surface area contributed by atoms with Crippen LogP contribution in [0.5, 0.6) is 0 Å². The molecule has 2 N–H and O–H groups in total. The van der Waals surface area contributed by atoms with Gasteiger partial charge in [0.2, 0.25) is 5.91 Å². The molecule has 0 saturated heterocycles. The van der Waals surface area contributed by atoms with Crippen LogP contribution in [0.3, 0.4) is 0 Å². The number of fused-ring (bicyclic) bond motifs is 1. The normalized spacial score (nSPS) is 11.6. The molecule has 1 aliphatic heterocycles. The van der Waals surface area contributed by atoms with Gasteiger partial charge in [0.05, 0.1) is 6.61 Å². The number of carbonyl (C=O) groups is 3. The van der Waals surface area contributed by atoms with E-state index in [0.29, 0.717) is 31.1 Å². The van der Waals surface area contributed by atoms with E-state index >= 15 is 0 Å². The van der Waals surface area contributed by atoms with E-state index < -0.39 is 5.97 Å². The molecule has 0 bridgehead atoms. The summed E-state index contributed by atoms with van der Waals surface area (Å²) in [6, 6.07) is 17.4. The van der Waals surface area contributed by atoms with E-state index in [-0.39, 0.29) is 17.5 Å². The van der Waals surface area contributed by atoms with Gasteiger partial charge in [0, 0.05) is 23.9 Å². The molecule has 1 aliphatic rings. The molecule has 0 radical (unpaired) electrons. The number of amides is 2. The lowest BCUT2D eigenvalue weighted by molar-refractivity contribution is -0.116. The van der Waals surface area contributed by atoms with Crippen LogP contribution in [0.4, 0.5) is 5.13 Å². The molecule has 1 aromatic heterocycles. The first-order valence-corrected chi connectivity index (χ1v) is 10.8. The van der Waals surface area contributed by atoms with Gasteiger partial charge in [0.1, 0.15) is 0 Å². The number of carbonyl (C=O) groups excluding carboxylic acids is 3. The minimum absolute atomic E-state index is 0.0515. The van der Waals surface area contributed by atoms with Crippen molar-refractivity contribution in [1.82, 2.24) is 10.3 Å². The smallest absolute Gasteiger partial charge is 0.357 e. The van der Waals surface area contributed by atoms with Crippen LogP contribution in [0.2, 0.25) is 0 Å². The van der Waals surface area contributed by atoms with Crippen molar-refractivity contribution in [1.29, 1.82) is 0 Å². The topological polar surface area (TPSA) is 97.4 Å². The largest absolute Gasteiger partial charge is 0.461 e. The summed E-state index contributed by atoms with van der Waals surface area (Å²) in [6.45, 7) is 2.72. The number of thiazole rings is 1. The molecule has 0 atom stereocenters. The lowest BCUT2D eigenvalue weighted by atomic mass is 10.1. The molecule has 0 fully saturated rings. The summed E-state index contributed by atoms with van der Waals surface area (Å²) in [5.74, 6) is -0.544. The van der Waals surface area contributed by atoms with E-state index in [2.05, 4.69) is 15.6 Å². The summed E-state index contributed by atoms with van der Waals surface area (Å²) in [5, 5.41) is 7.42. The zero-order valence-corrected chi connectivity index (χ0v) is 17.9. The number of hydrogen-bond acceptors (Lipinski definition) is 6. The van der Waals surface area contributed by atoms with Gasteiger partial charge >= 0.3 is 5.97 Å². The third-order valence-electron chi connectivity index (χ3n) is 4.42.